The highest BCUT2D eigenvalue weighted by molar-refractivity contribution is 7.99. The van der Waals surface area contributed by atoms with E-state index in [0.29, 0.717) is 35.7 Å². The number of anilines is 1. The average molecular weight is 572 g/mol. The Morgan fingerprint density at radius 3 is 2.51 bits per heavy atom. The van der Waals surface area contributed by atoms with Crippen molar-refractivity contribution in [2.45, 2.75) is 29.7 Å². The zero-order chi connectivity index (χ0) is 29.4. The Balaban J connectivity index is 1.31. The Kier molecular flexibility index (Phi) is 10.0. The molecular weight excluding hydrogens is 538 g/mol. The number of hydrogen-bond acceptors (Lipinski definition) is 8. The fraction of sp³-hybridized carbons (Fsp3) is 0.258. The van der Waals surface area contributed by atoms with E-state index in [4.69, 9.17) is 4.74 Å². The zero-order valence-electron chi connectivity index (χ0n) is 23.5. The van der Waals surface area contributed by atoms with E-state index in [9.17, 15) is 14.5 Å². The van der Waals surface area contributed by atoms with Crippen molar-refractivity contribution in [2.75, 3.05) is 39.1 Å². The van der Waals surface area contributed by atoms with Crippen molar-refractivity contribution in [3.05, 3.63) is 100 Å². The molecule has 0 aliphatic carbocycles. The van der Waals surface area contributed by atoms with E-state index in [1.807, 2.05) is 81.4 Å². The normalized spacial score (nSPS) is 13.9. The third-order valence-corrected chi connectivity index (χ3v) is 7.44. The lowest BCUT2D eigenvalue weighted by Gasteiger charge is -2.15. The first-order chi connectivity index (χ1) is 19.7. The van der Waals surface area contributed by atoms with Crippen LogP contribution in [0.1, 0.15) is 40.1 Å². The van der Waals surface area contributed by atoms with E-state index in [-0.39, 0.29) is 18.4 Å². The van der Waals surface area contributed by atoms with Crippen LogP contribution in [0.15, 0.2) is 98.5 Å². The molecule has 3 aromatic rings. The summed E-state index contributed by atoms with van der Waals surface area (Å²) in [5.74, 6) is 0.224. The summed E-state index contributed by atoms with van der Waals surface area (Å²) < 4.78 is 5.71. The van der Waals surface area contributed by atoms with Crippen LogP contribution < -0.4 is 15.4 Å². The van der Waals surface area contributed by atoms with Gasteiger partial charge in [-0.1, -0.05) is 29.1 Å². The molecule has 1 heterocycles. The number of nitrogens with zero attached hydrogens (tertiary/aromatic N) is 3. The summed E-state index contributed by atoms with van der Waals surface area (Å²) in [6, 6.07) is 19.8. The molecule has 1 unspecified atom stereocenters. The van der Waals surface area contributed by atoms with Gasteiger partial charge >= 0.3 is 0 Å². The van der Waals surface area contributed by atoms with Gasteiger partial charge in [0.05, 0.1) is 11.3 Å². The van der Waals surface area contributed by atoms with E-state index >= 15 is 0 Å². The van der Waals surface area contributed by atoms with Crippen LogP contribution in [0.5, 0.6) is 5.75 Å². The second kappa shape index (κ2) is 13.9. The number of carbonyl (C=O) groups is 2. The van der Waals surface area contributed by atoms with Crippen LogP contribution in [0.25, 0.3) is 0 Å². The summed E-state index contributed by atoms with van der Waals surface area (Å²) in [5.41, 5.74) is 4.29. The van der Waals surface area contributed by atoms with Crippen LogP contribution in [0.3, 0.4) is 0 Å². The Labute approximate surface area is 244 Å². The maximum absolute atomic E-state index is 12.8. The number of fused-ring (bicyclic) bond motifs is 2. The number of ether oxygens (including phenoxy) is 1. The Hall–Kier alpha value is -4.28. The molecule has 0 saturated heterocycles. The quantitative estimate of drug-likeness (QED) is 0.228. The van der Waals surface area contributed by atoms with Gasteiger partial charge in [0, 0.05) is 40.4 Å². The maximum atomic E-state index is 12.8. The first kappa shape index (κ1) is 29.7. The van der Waals surface area contributed by atoms with Gasteiger partial charge in [0.1, 0.15) is 18.4 Å². The second-order valence-corrected chi connectivity index (χ2v) is 11.1. The first-order valence-corrected chi connectivity index (χ1v) is 14.0. The predicted octanol–water partition coefficient (Wildman–Crippen LogP) is 5.62. The van der Waals surface area contributed by atoms with Gasteiger partial charge in [0.25, 0.3) is 11.8 Å². The minimum Gasteiger partial charge on any atom is -0.491 e. The minimum atomic E-state index is -0.434. The molecule has 0 radical (unpaired) electrons. The molecule has 212 valence electrons. The van der Waals surface area contributed by atoms with Crippen molar-refractivity contribution in [1.29, 1.82) is 0 Å². The summed E-state index contributed by atoms with van der Waals surface area (Å²) in [5, 5.41) is 8.95. The maximum Gasteiger partial charge on any atom is 0.256 e. The zero-order valence-corrected chi connectivity index (χ0v) is 24.3. The van der Waals surface area contributed by atoms with E-state index < -0.39 is 6.04 Å². The summed E-state index contributed by atoms with van der Waals surface area (Å²) in [6.45, 7) is 4.87. The minimum absolute atomic E-state index is 0.192. The van der Waals surface area contributed by atoms with Gasteiger partial charge in [-0.2, -0.15) is 4.91 Å². The smallest absolute Gasteiger partial charge is 0.256 e. The van der Waals surface area contributed by atoms with E-state index in [2.05, 4.69) is 20.8 Å². The highest BCUT2D eigenvalue weighted by Gasteiger charge is 2.20. The molecule has 2 N–H and O–H groups in total. The summed E-state index contributed by atoms with van der Waals surface area (Å²) in [7, 11) is 3.77. The van der Waals surface area contributed by atoms with Crippen LogP contribution in [0, 0.1) is 4.91 Å². The fourth-order valence-electron chi connectivity index (χ4n) is 4.08. The summed E-state index contributed by atoms with van der Waals surface area (Å²) in [4.78, 5) is 44.7. The largest absolute Gasteiger partial charge is 0.491 e. The number of nitrogens with one attached hydrogen (secondary N) is 2. The summed E-state index contributed by atoms with van der Waals surface area (Å²) >= 11 is 1.50. The lowest BCUT2D eigenvalue weighted by Crippen LogP contribution is -2.29. The molecule has 4 rings (SSSR count). The number of nitroso groups, excluding NO2 is 1. The van der Waals surface area contributed by atoms with Crippen molar-refractivity contribution >= 4 is 35.0 Å². The lowest BCUT2D eigenvalue weighted by molar-refractivity contribution is 0.0955. The molecule has 0 aromatic heterocycles. The van der Waals surface area contributed by atoms with Gasteiger partial charge in [-0.25, -0.2) is 0 Å². The number of hydrogen-bond donors (Lipinski definition) is 2. The van der Waals surface area contributed by atoms with Crippen LogP contribution in [0.4, 0.5) is 5.69 Å². The monoisotopic (exact) mass is 571 g/mol. The highest BCUT2D eigenvalue weighted by Crippen LogP contribution is 2.39. The van der Waals surface area contributed by atoms with E-state index in [0.717, 1.165) is 26.6 Å². The number of carbonyl (C=O) groups excluding carboxylic acids is 2. The van der Waals surface area contributed by atoms with Crippen LogP contribution in [-0.2, 0) is 0 Å². The van der Waals surface area contributed by atoms with Crippen LogP contribution >= 0.6 is 11.8 Å². The lowest BCUT2D eigenvalue weighted by atomic mass is 10.1. The molecule has 1 atom stereocenters. The molecule has 3 aromatic carbocycles. The van der Waals surface area contributed by atoms with E-state index in [1.165, 1.54) is 11.8 Å². The SMILES string of the molecule is C/C(=C\N=C(/C)c1ccc(OCC(CN(C)C)N=O)cc1)CNC(=O)c1ccc2c(c1)NC(=O)c1ccccc1S2. The second-order valence-electron chi connectivity index (χ2n) is 9.99. The third kappa shape index (κ3) is 8.12. The first-order valence-electron chi connectivity index (χ1n) is 13.1. The fourth-order valence-corrected chi connectivity index (χ4v) is 5.09. The number of aliphatic imine (C=N–C) groups is 1. The van der Waals surface area contributed by atoms with Crippen molar-refractivity contribution < 1.29 is 14.3 Å². The van der Waals surface area contributed by atoms with Gasteiger partial charge in [0.2, 0.25) is 0 Å². The van der Waals surface area contributed by atoms with Gasteiger partial charge in [0.15, 0.2) is 0 Å². The predicted molar refractivity (Wildman–Crippen MR) is 163 cm³/mol. The van der Waals surface area contributed by atoms with Crippen molar-refractivity contribution in [3.63, 3.8) is 0 Å². The molecule has 41 heavy (non-hydrogen) atoms. The highest BCUT2D eigenvalue weighted by atomic mass is 32.2. The van der Waals surface area contributed by atoms with Crippen molar-refractivity contribution in [1.82, 2.24) is 10.2 Å². The molecule has 1 aliphatic heterocycles. The molecule has 2 amide bonds. The van der Waals surface area contributed by atoms with Gasteiger partial charge < -0.3 is 20.3 Å². The van der Waals surface area contributed by atoms with Gasteiger partial charge in [-0.3, -0.25) is 14.6 Å². The molecule has 1 aliphatic rings. The van der Waals surface area contributed by atoms with Crippen LogP contribution in [-0.4, -0.2) is 62.3 Å². The number of rotatable bonds is 11. The van der Waals surface area contributed by atoms with Crippen molar-refractivity contribution in [2.24, 2.45) is 10.2 Å². The Bertz CT molecular complexity index is 1480. The third-order valence-electron chi connectivity index (χ3n) is 6.29. The molecule has 0 fully saturated rings. The van der Waals surface area contributed by atoms with E-state index in [1.54, 1.807) is 24.4 Å². The molecule has 0 saturated carbocycles. The Morgan fingerprint density at radius 2 is 1.78 bits per heavy atom. The summed E-state index contributed by atoms with van der Waals surface area (Å²) in [6.07, 6.45) is 1.73. The standard InChI is InChI=1S/C31H33N5O4S/c1-20(16-32-21(2)22-9-12-25(13-10-22)40-19-24(35-39)18-36(3)4)17-33-30(37)23-11-14-29-27(15-23)34-31(38)26-7-5-6-8-28(26)41-29/h5-16,24H,17-19H2,1-4H3,(H,33,37)(H,34,38)/b20-16+,32-21+. The van der Waals surface area contributed by atoms with Gasteiger partial charge in [-0.15, -0.1) is 0 Å². The number of likely N-dealkylation sites (N-methyl/N-ethyl adjacent to an activating group) is 1. The molecule has 0 bridgehead atoms. The molecule has 10 heteroatoms. The number of amides is 2. The number of benzene rings is 3. The molecule has 9 nitrogen and oxygen atoms in total. The average Bonchev–Trinajstić information content (AvgIpc) is 3.11. The topological polar surface area (TPSA) is 112 Å². The Morgan fingerprint density at radius 1 is 1.05 bits per heavy atom. The van der Waals surface area contributed by atoms with Gasteiger partial charge in [-0.05, 0) is 93.7 Å². The van der Waals surface area contributed by atoms with Crippen LogP contribution in [0.2, 0.25) is 0 Å². The van der Waals surface area contributed by atoms with Crippen molar-refractivity contribution in [3.8, 4) is 5.75 Å². The molecule has 0 spiro atoms. The molecular formula is C31H33N5O4S.